The number of methoxy groups -OCH3 is 4. The quantitative estimate of drug-likeness (QED) is 0.483. The zero-order chi connectivity index (χ0) is 10.9. The van der Waals surface area contributed by atoms with Crippen LogP contribution in [-0.4, -0.2) is 45.9 Å². The van der Waals surface area contributed by atoms with Crippen LogP contribution in [0.15, 0.2) is 0 Å². The third-order valence-corrected chi connectivity index (χ3v) is 1.40. The predicted octanol–water partition coefficient (Wildman–Crippen LogP) is -0.0461. The van der Waals surface area contributed by atoms with Crippen molar-refractivity contribution in [3.8, 4) is 0 Å². The van der Waals surface area contributed by atoms with E-state index in [9.17, 15) is 4.79 Å². The molecule has 0 aromatic carbocycles. The van der Waals surface area contributed by atoms with E-state index in [2.05, 4.69) is 4.74 Å². The predicted molar refractivity (Wildman–Crippen MR) is 50.7 cm³/mol. The fraction of sp³-hybridized carbons (Fsp3) is 0.875. The molecule has 0 radical (unpaired) electrons. The SMILES string of the molecule is COC(C)(OC)OC.COC(C)=O.O. The third kappa shape index (κ3) is 11.3. The second-order valence-electron chi connectivity index (χ2n) is 2.17. The smallest absolute Gasteiger partial charge is 0.302 e. The maximum absolute atomic E-state index is 9.59. The second-order valence-corrected chi connectivity index (χ2v) is 2.17. The molecular weight excluding hydrogens is 192 g/mol. The number of hydrogen-bond acceptors (Lipinski definition) is 5. The van der Waals surface area contributed by atoms with Crippen LogP contribution in [0.2, 0.25) is 0 Å². The zero-order valence-electron chi connectivity index (χ0n) is 9.54. The van der Waals surface area contributed by atoms with E-state index in [4.69, 9.17) is 14.2 Å². The molecule has 0 aliphatic heterocycles. The molecule has 6 heteroatoms. The van der Waals surface area contributed by atoms with Crippen LogP contribution < -0.4 is 0 Å². The van der Waals surface area contributed by atoms with Crippen molar-refractivity contribution in [2.75, 3.05) is 28.4 Å². The summed E-state index contributed by atoms with van der Waals surface area (Å²) in [6, 6.07) is 0. The van der Waals surface area contributed by atoms with Crippen LogP contribution in [0, 0.1) is 0 Å². The van der Waals surface area contributed by atoms with Crippen LogP contribution in [-0.2, 0) is 23.7 Å². The van der Waals surface area contributed by atoms with Gasteiger partial charge in [-0.05, 0) is 0 Å². The minimum atomic E-state index is -0.875. The van der Waals surface area contributed by atoms with E-state index in [0.717, 1.165) is 0 Å². The normalized spacial score (nSPS) is 9.29. The highest BCUT2D eigenvalue weighted by Gasteiger charge is 2.20. The lowest BCUT2D eigenvalue weighted by Crippen LogP contribution is -2.31. The van der Waals surface area contributed by atoms with Crippen LogP contribution in [0.3, 0.4) is 0 Å². The summed E-state index contributed by atoms with van der Waals surface area (Å²) >= 11 is 0. The molecule has 0 aromatic rings. The molecule has 0 amide bonds. The monoisotopic (exact) mass is 212 g/mol. The lowest BCUT2D eigenvalue weighted by molar-refractivity contribution is -0.340. The molecule has 0 unspecified atom stereocenters. The van der Waals surface area contributed by atoms with Gasteiger partial charge in [0.2, 0.25) is 0 Å². The largest absolute Gasteiger partial charge is 0.469 e. The van der Waals surface area contributed by atoms with E-state index in [0.29, 0.717) is 0 Å². The first kappa shape index (κ1) is 19.0. The van der Waals surface area contributed by atoms with Crippen molar-refractivity contribution in [3.05, 3.63) is 0 Å². The Labute approximate surface area is 84.4 Å². The van der Waals surface area contributed by atoms with E-state index in [-0.39, 0.29) is 11.4 Å². The molecule has 0 heterocycles. The van der Waals surface area contributed by atoms with E-state index >= 15 is 0 Å². The van der Waals surface area contributed by atoms with E-state index in [1.807, 2.05) is 0 Å². The van der Waals surface area contributed by atoms with Crippen LogP contribution >= 0.6 is 0 Å². The van der Waals surface area contributed by atoms with Crippen molar-refractivity contribution >= 4 is 5.97 Å². The maximum Gasteiger partial charge on any atom is 0.302 e. The highest BCUT2D eigenvalue weighted by Crippen LogP contribution is 2.08. The van der Waals surface area contributed by atoms with Crippen LogP contribution in [0.25, 0.3) is 0 Å². The van der Waals surface area contributed by atoms with Crippen LogP contribution in [0.5, 0.6) is 0 Å². The van der Waals surface area contributed by atoms with Gasteiger partial charge in [-0.3, -0.25) is 4.79 Å². The van der Waals surface area contributed by atoms with Gasteiger partial charge in [-0.1, -0.05) is 0 Å². The first-order valence-electron chi connectivity index (χ1n) is 3.65. The summed E-state index contributed by atoms with van der Waals surface area (Å²) in [6.45, 7) is 3.05. The minimum Gasteiger partial charge on any atom is -0.469 e. The molecule has 88 valence electrons. The topological polar surface area (TPSA) is 85.5 Å². The Balaban J connectivity index is -0.000000177. The lowest BCUT2D eigenvalue weighted by Gasteiger charge is -2.23. The van der Waals surface area contributed by atoms with Gasteiger partial charge in [-0.25, -0.2) is 0 Å². The maximum atomic E-state index is 9.59. The van der Waals surface area contributed by atoms with Gasteiger partial charge in [0.1, 0.15) is 0 Å². The van der Waals surface area contributed by atoms with Crippen molar-refractivity contribution in [1.29, 1.82) is 0 Å². The summed E-state index contributed by atoms with van der Waals surface area (Å²) in [7, 11) is 5.91. The number of esters is 1. The summed E-state index contributed by atoms with van der Waals surface area (Å²) < 4.78 is 18.5. The highest BCUT2D eigenvalue weighted by atomic mass is 16.9. The molecule has 0 aromatic heterocycles. The van der Waals surface area contributed by atoms with Gasteiger partial charge in [-0.15, -0.1) is 0 Å². The summed E-state index contributed by atoms with van der Waals surface area (Å²) in [6.07, 6.45) is 0. The Hall–Kier alpha value is -0.690. The molecule has 0 rings (SSSR count). The van der Waals surface area contributed by atoms with Crippen molar-refractivity contribution in [2.24, 2.45) is 0 Å². The molecule has 14 heavy (non-hydrogen) atoms. The number of carbonyl (C=O) groups excluding carboxylic acids is 1. The average molecular weight is 212 g/mol. The number of hydrogen-bond donors (Lipinski definition) is 0. The first-order chi connectivity index (χ1) is 5.95. The van der Waals surface area contributed by atoms with E-state index in [1.54, 1.807) is 6.92 Å². The minimum absolute atomic E-state index is 0. The van der Waals surface area contributed by atoms with Gasteiger partial charge >= 0.3 is 5.97 Å². The molecule has 0 aliphatic carbocycles. The van der Waals surface area contributed by atoms with Crippen molar-refractivity contribution in [1.82, 2.24) is 0 Å². The summed E-state index contributed by atoms with van der Waals surface area (Å²) in [5.74, 6) is -1.12. The molecule has 0 aliphatic rings. The standard InChI is InChI=1S/C5H12O3.C3H6O2.H2O/c1-5(6-2,7-3)8-4;1-3(4)5-2;/h1-4H3;1-2H3;1H2. The molecule has 0 atom stereocenters. The molecule has 0 saturated heterocycles. The lowest BCUT2D eigenvalue weighted by atomic mass is 10.6. The van der Waals surface area contributed by atoms with Gasteiger partial charge in [0, 0.05) is 35.2 Å². The van der Waals surface area contributed by atoms with E-state index < -0.39 is 5.97 Å². The molecule has 0 bridgehead atoms. The zero-order valence-corrected chi connectivity index (χ0v) is 9.54. The first-order valence-corrected chi connectivity index (χ1v) is 3.65. The Morgan fingerprint density at radius 2 is 1.21 bits per heavy atom. The second kappa shape index (κ2) is 10.4. The summed E-state index contributed by atoms with van der Waals surface area (Å²) in [4.78, 5) is 9.59. The summed E-state index contributed by atoms with van der Waals surface area (Å²) in [5.41, 5.74) is 0. The van der Waals surface area contributed by atoms with Gasteiger partial charge in [-0.2, -0.15) is 0 Å². The Morgan fingerprint density at radius 1 is 1.00 bits per heavy atom. The molecule has 2 N–H and O–H groups in total. The summed E-state index contributed by atoms with van der Waals surface area (Å²) in [5, 5.41) is 0. The third-order valence-electron chi connectivity index (χ3n) is 1.40. The number of rotatable bonds is 3. The highest BCUT2D eigenvalue weighted by molar-refractivity contribution is 5.65. The Bertz CT molecular complexity index is 124. The Kier molecular flexibility index (Phi) is 14.1. The fourth-order valence-corrected chi connectivity index (χ4v) is 0.250. The average Bonchev–Trinajstić information content (AvgIpc) is 2.17. The molecule has 0 saturated carbocycles. The van der Waals surface area contributed by atoms with E-state index in [1.165, 1.54) is 35.4 Å². The van der Waals surface area contributed by atoms with Gasteiger partial charge in [0.25, 0.3) is 5.97 Å². The number of ether oxygens (including phenoxy) is 4. The Morgan fingerprint density at radius 3 is 1.21 bits per heavy atom. The molecule has 0 spiro atoms. The fourth-order valence-electron chi connectivity index (χ4n) is 0.250. The number of carbonyl (C=O) groups is 1. The molecular formula is C8H20O6. The van der Waals surface area contributed by atoms with Gasteiger partial charge < -0.3 is 24.4 Å². The van der Waals surface area contributed by atoms with Crippen molar-refractivity contribution in [3.63, 3.8) is 0 Å². The molecule has 0 fully saturated rings. The van der Waals surface area contributed by atoms with Crippen molar-refractivity contribution < 1.29 is 29.2 Å². The van der Waals surface area contributed by atoms with Gasteiger partial charge in [0.15, 0.2) is 0 Å². The van der Waals surface area contributed by atoms with Gasteiger partial charge in [0.05, 0.1) is 7.11 Å². The van der Waals surface area contributed by atoms with Crippen LogP contribution in [0.1, 0.15) is 13.8 Å². The van der Waals surface area contributed by atoms with Crippen molar-refractivity contribution in [2.45, 2.75) is 19.8 Å². The molecule has 6 nitrogen and oxygen atoms in total. The van der Waals surface area contributed by atoms with Crippen LogP contribution in [0.4, 0.5) is 0 Å².